The zero-order valence-electron chi connectivity index (χ0n) is 11.4. The number of carboxylic acids is 1. The van der Waals surface area contributed by atoms with Gasteiger partial charge in [-0.1, -0.05) is 26.2 Å². The van der Waals surface area contributed by atoms with E-state index in [4.69, 9.17) is 10.8 Å². The highest BCUT2D eigenvalue weighted by Crippen LogP contribution is 2.30. The summed E-state index contributed by atoms with van der Waals surface area (Å²) in [5, 5.41) is 12.6. The van der Waals surface area contributed by atoms with Crippen molar-refractivity contribution >= 4 is 17.3 Å². The Morgan fingerprint density at radius 1 is 1.42 bits per heavy atom. The molecule has 0 aromatic heterocycles. The molecule has 0 heterocycles. The molecule has 0 saturated heterocycles. The number of hydrogen-bond donors (Lipinski definition) is 3. The van der Waals surface area contributed by atoms with Crippen LogP contribution in [0.3, 0.4) is 0 Å². The molecule has 0 bridgehead atoms. The standard InChI is InChI=1S/C15H22N2O2/c1-2-10-5-3-4-6-14(10)17-11-7-8-13(16)12(9-11)15(18)19/h7-10,14,17H,2-6,16H2,1H3,(H,18,19). The maximum Gasteiger partial charge on any atom is 0.337 e. The molecule has 1 aromatic rings. The van der Waals surface area contributed by atoms with Gasteiger partial charge in [0.25, 0.3) is 0 Å². The fraction of sp³-hybridized carbons (Fsp3) is 0.533. The summed E-state index contributed by atoms with van der Waals surface area (Å²) in [6, 6.07) is 5.61. The number of nitrogens with two attached hydrogens (primary N) is 1. The van der Waals surface area contributed by atoms with Gasteiger partial charge in [-0.25, -0.2) is 4.79 Å². The molecule has 4 nitrogen and oxygen atoms in total. The first kappa shape index (κ1) is 13.7. The van der Waals surface area contributed by atoms with Crippen molar-refractivity contribution in [2.45, 2.75) is 45.1 Å². The summed E-state index contributed by atoms with van der Waals surface area (Å²) in [6.07, 6.45) is 6.13. The van der Waals surface area contributed by atoms with Crippen molar-refractivity contribution in [1.29, 1.82) is 0 Å². The van der Waals surface area contributed by atoms with E-state index in [1.807, 2.05) is 6.07 Å². The number of aromatic carboxylic acids is 1. The van der Waals surface area contributed by atoms with Crippen LogP contribution in [0.2, 0.25) is 0 Å². The Labute approximate surface area is 114 Å². The van der Waals surface area contributed by atoms with E-state index in [-0.39, 0.29) is 5.56 Å². The number of anilines is 2. The molecular weight excluding hydrogens is 240 g/mol. The van der Waals surface area contributed by atoms with Gasteiger partial charge in [0.15, 0.2) is 0 Å². The van der Waals surface area contributed by atoms with Crippen molar-refractivity contribution in [3.63, 3.8) is 0 Å². The third kappa shape index (κ3) is 3.19. The van der Waals surface area contributed by atoms with Crippen LogP contribution in [0.25, 0.3) is 0 Å². The van der Waals surface area contributed by atoms with Crippen LogP contribution < -0.4 is 11.1 Å². The average molecular weight is 262 g/mol. The van der Waals surface area contributed by atoms with Crippen molar-refractivity contribution in [1.82, 2.24) is 0 Å². The first-order valence-electron chi connectivity index (χ1n) is 7.01. The second kappa shape index (κ2) is 5.95. The molecule has 0 aliphatic heterocycles. The lowest BCUT2D eigenvalue weighted by Crippen LogP contribution is -2.31. The van der Waals surface area contributed by atoms with Crippen LogP contribution in [0.15, 0.2) is 18.2 Å². The SMILES string of the molecule is CCC1CCCCC1Nc1ccc(N)c(C(=O)O)c1. The van der Waals surface area contributed by atoms with E-state index in [0.717, 1.165) is 12.1 Å². The third-order valence-corrected chi connectivity index (χ3v) is 4.07. The van der Waals surface area contributed by atoms with Crippen LogP contribution in [0.1, 0.15) is 49.4 Å². The second-order valence-corrected chi connectivity index (χ2v) is 5.31. The molecule has 104 valence electrons. The van der Waals surface area contributed by atoms with Gasteiger partial charge in [-0.2, -0.15) is 0 Å². The first-order valence-corrected chi connectivity index (χ1v) is 7.01. The van der Waals surface area contributed by atoms with E-state index in [9.17, 15) is 4.79 Å². The molecule has 0 spiro atoms. The van der Waals surface area contributed by atoms with Crippen molar-refractivity contribution in [3.05, 3.63) is 23.8 Å². The van der Waals surface area contributed by atoms with Crippen LogP contribution >= 0.6 is 0 Å². The third-order valence-electron chi connectivity index (χ3n) is 4.07. The summed E-state index contributed by atoms with van der Waals surface area (Å²) in [5.41, 5.74) is 7.02. The van der Waals surface area contributed by atoms with Gasteiger partial charge in [0.1, 0.15) is 0 Å². The van der Waals surface area contributed by atoms with Crippen LogP contribution in [-0.2, 0) is 0 Å². The lowest BCUT2D eigenvalue weighted by Gasteiger charge is -2.32. The van der Waals surface area contributed by atoms with Crippen molar-refractivity contribution < 1.29 is 9.90 Å². The normalized spacial score (nSPS) is 23.0. The van der Waals surface area contributed by atoms with Crippen molar-refractivity contribution in [3.8, 4) is 0 Å². The van der Waals surface area contributed by atoms with Gasteiger partial charge in [-0.3, -0.25) is 0 Å². The number of carboxylic acid groups (broad SMARTS) is 1. The topological polar surface area (TPSA) is 75.3 Å². The molecular formula is C15H22N2O2. The number of benzene rings is 1. The molecule has 19 heavy (non-hydrogen) atoms. The molecule has 0 amide bonds. The lowest BCUT2D eigenvalue weighted by atomic mass is 9.83. The number of hydrogen-bond acceptors (Lipinski definition) is 3. The van der Waals surface area contributed by atoms with E-state index in [2.05, 4.69) is 12.2 Å². The molecule has 1 fully saturated rings. The van der Waals surface area contributed by atoms with E-state index < -0.39 is 5.97 Å². The smallest absolute Gasteiger partial charge is 0.337 e. The summed E-state index contributed by atoms with van der Waals surface area (Å²) < 4.78 is 0. The van der Waals surface area contributed by atoms with Gasteiger partial charge in [-0.05, 0) is 37.0 Å². The molecule has 1 aliphatic carbocycles. The summed E-state index contributed by atoms with van der Waals surface area (Å²) in [7, 11) is 0. The number of rotatable bonds is 4. The van der Waals surface area contributed by atoms with Gasteiger partial charge < -0.3 is 16.2 Å². The molecule has 2 atom stereocenters. The maximum atomic E-state index is 11.1. The fourth-order valence-electron chi connectivity index (χ4n) is 2.93. The zero-order chi connectivity index (χ0) is 13.8. The quantitative estimate of drug-likeness (QED) is 0.727. The minimum absolute atomic E-state index is 0.175. The van der Waals surface area contributed by atoms with Gasteiger partial charge in [-0.15, -0.1) is 0 Å². The van der Waals surface area contributed by atoms with Crippen LogP contribution in [-0.4, -0.2) is 17.1 Å². The predicted octanol–water partition coefficient (Wildman–Crippen LogP) is 3.35. The van der Waals surface area contributed by atoms with Crippen molar-refractivity contribution in [2.75, 3.05) is 11.1 Å². The molecule has 1 aliphatic rings. The molecule has 4 heteroatoms. The minimum atomic E-state index is -0.975. The predicted molar refractivity (Wildman–Crippen MR) is 77.5 cm³/mol. The minimum Gasteiger partial charge on any atom is -0.478 e. The van der Waals surface area contributed by atoms with Crippen LogP contribution in [0.5, 0.6) is 0 Å². The van der Waals surface area contributed by atoms with E-state index >= 15 is 0 Å². The Kier molecular flexibility index (Phi) is 4.30. The Hall–Kier alpha value is -1.71. The summed E-state index contributed by atoms with van der Waals surface area (Å²) >= 11 is 0. The van der Waals surface area contributed by atoms with Crippen LogP contribution in [0, 0.1) is 5.92 Å². The van der Waals surface area contributed by atoms with Gasteiger partial charge in [0.05, 0.1) is 5.56 Å². The molecule has 0 radical (unpaired) electrons. The Balaban J connectivity index is 2.14. The Bertz CT molecular complexity index is 459. The Morgan fingerprint density at radius 3 is 2.84 bits per heavy atom. The van der Waals surface area contributed by atoms with E-state index in [1.54, 1.807) is 12.1 Å². The van der Waals surface area contributed by atoms with Gasteiger partial charge in [0.2, 0.25) is 0 Å². The summed E-state index contributed by atoms with van der Waals surface area (Å²) in [6.45, 7) is 2.22. The Morgan fingerprint density at radius 2 is 2.16 bits per heavy atom. The first-order chi connectivity index (χ1) is 9.11. The number of carbonyl (C=O) groups is 1. The monoisotopic (exact) mass is 262 g/mol. The average Bonchev–Trinajstić information content (AvgIpc) is 2.41. The highest BCUT2D eigenvalue weighted by atomic mass is 16.4. The highest BCUT2D eigenvalue weighted by molar-refractivity contribution is 5.94. The highest BCUT2D eigenvalue weighted by Gasteiger charge is 2.23. The lowest BCUT2D eigenvalue weighted by molar-refractivity contribution is 0.0698. The van der Waals surface area contributed by atoms with Gasteiger partial charge >= 0.3 is 5.97 Å². The zero-order valence-corrected chi connectivity index (χ0v) is 11.4. The molecule has 2 rings (SSSR count). The number of nitrogen functional groups attached to an aromatic ring is 1. The molecule has 4 N–H and O–H groups in total. The van der Waals surface area contributed by atoms with E-state index in [1.165, 1.54) is 25.7 Å². The maximum absolute atomic E-state index is 11.1. The van der Waals surface area contributed by atoms with Crippen LogP contribution in [0.4, 0.5) is 11.4 Å². The number of nitrogens with one attached hydrogen (secondary N) is 1. The van der Waals surface area contributed by atoms with E-state index in [0.29, 0.717) is 17.6 Å². The van der Waals surface area contributed by atoms with Gasteiger partial charge in [0, 0.05) is 17.4 Å². The molecule has 1 saturated carbocycles. The largest absolute Gasteiger partial charge is 0.478 e. The molecule has 1 aromatic carbocycles. The second-order valence-electron chi connectivity index (χ2n) is 5.31. The molecule has 2 unspecified atom stereocenters. The van der Waals surface area contributed by atoms with Crippen molar-refractivity contribution in [2.24, 2.45) is 5.92 Å². The fourth-order valence-corrected chi connectivity index (χ4v) is 2.93. The summed E-state index contributed by atoms with van der Waals surface area (Å²) in [5.74, 6) is -0.295. The summed E-state index contributed by atoms with van der Waals surface area (Å²) in [4.78, 5) is 11.1.